The van der Waals surface area contributed by atoms with Crippen LogP contribution >= 0.6 is 0 Å². The van der Waals surface area contributed by atoms with Crippen LogP contribution in [0.2, 0.25) is 13.4 Å². The topological polar surface area (TPSA) is 20.2 Å². The average molecular weight is 402 g/mol. The first kappa shape index (κ1) is 18.1. The minimum atomic E-state index is -0.948. The van der Waals surface area contributed by atoms with Gasteiger partial charge < -0.3 is 12.4 Å². The largest absolute Gasteiger partial charge is 1.00 e. The Morgan fingerprint density at radius 1 is 1.26 bits per heavy atom. The molecule has 0 heterocycles. The van der Waals surface area contributed by atoms with Gasteiger partial charge in [0.15, 0.2) is 0 Å². The maximum Gasteiger partial charge on any atom is -1.00 e. The van der Waals surface area contributed by atoms with Gasteiger partial charge in [-0.2, -0.15) is 0 Å². The van der Waals surface area contributed by atoms with E-state index in [0.29, 0.717) is 10.8 Å². The minimum Gasteiger partial charge on any atom is -1.00 e. The molecule has 0 aromatic carbocycles. The van der Waals surface area contributed by atoms with Gasteiger partial charge in [0.05, 0.1) is 0 Å². The van der Waals surface area contributed by atoms with Gasteiger partial charge in [0.25, 0.3) is 0 Å². The summed E-state index contributed by atoms with van der Waals surface area (Å²) in [6.07, 6.45) is 6.59. The molecule has 3 heteroatoms. The van der Waals surface area contributed by atoms with Crippen molar-refractivity contribution in [3.8, 4) is 0 Å². The first-order chi connectivity index (χ1) is 8.48. The van der Waals surface area contributed by atoms with Crippen LogP contribution in [0, 0.1) is 16.7 Å². The molecule has 2 bridgehead atoms. The molecule has 2 saturated carbocycles. The van der Waals surface area contributed by atoms with E-state index in [1.54, 1.807) is 0 Å². The van der Waals surface area contributed by atoms with Gasteiger partial charge in [-0.1, -0.05) is 0 Å². The van der Waals surface area contributed by atoms with Gasteiger partial charge in [-0.15, -0.1) is 0 Å². The zero-order valence-electron chi connectivity index (χ0n) is 13.0. The Balaban J connectivity index is 0.00000180. The van der Waals surface area contributed by atoms with Gasteiger partial charge in [0.1, 0.15) is 0 Å². The predicted octanol–water partition coefficient (Wildman–Crippen LogP) is 1.49. The number of rotatable bonds is 6. The van der Waals surface area contributed by atoms with E-state index in [4.69, 9.17) is 0 Å². The van der Waals surface area contributed by atoms with Gasteiger partial charge >= 0.3 is 121 Å². The summed E-state index contributed by atoms with van der Waals surface area (Å²) >= 11 is -0.948. The van der Waals surface area contributed by atoms with E-state index in [9.17, 15) is 5.11 Å². The van der Waals surface area contributed by atoms with Crippen LogP contribution in [0.1, 0.15) is 59.8 Å². The van der Waals surface area contributed by atoms with Gasteiger partial charge in [-0.25, -0.2) is 0 Å². The van der Waals surface area contributed by atoms with Crippen LogP contribution in [0.3, 0.4) is 0 Å². The van der Waals surface area contributed by atoms with E-state index < -0.39 is 19.6 Å². The predicted molar refractivity (Wildman–Crippen MR) is 80.3 cm³/mol. The molecule has 1 N–H and O–H groups in total. The number of hydrogen-bond donors (Lipinski definition) is 1. The molecule has 0 amide bonds. The summed E-state index contributed by atoms with van der Waals surface area (Å²) in [5.74, 6) is 0.801. The van der Waals surface area contributed by atoms with Crippen molar-refractivity contribution in [1.29, 1.82) is 0 Å². The number of hydrogen-bond acceptors (Lipinski definition) is 1. The zero-order valence-corrected chi connectivity index (χ0v) is 16.1. The molecule has 0 aromatic rings. The number of aliphatic hydroxyl groups excluding tert-OH is 1. The normalized spacial score (nSPS) is 35.7. The van der Waals surface area contributed by atoms with Crippen molar-refractivity contribution >= 4 is 19.6 Å². The Labute approximate surface area is 133 Å². The maximum absolute atomic E-state index is 10.6. The molecule has 1 nitrogen and oxygen atoms in total. The van der Waals surface area contributed by atoms with Gasteiger partial charge in [-0.05, 0) is 0 Å². The molecule has 2 aliphatic carbocycles. The quantitative estimate of drug-likeness (QED) is 0.668. The van der Waals surface area contributed by atoms with E-state index in [0.717, 1.165) is 12.3 Å². The van der Waals surface area contributed by atoms with Crippen LogP contribution in [0.4, 0.5) is 0 Å². The molecule has 0 aromatic heterocycles. The zero-order chi connectivity index (χ0) is 13.4. The Kier molecular flexibility index (Phi) is 6.54. The molecule has 2 rings (SSSR count). The van der Waals surface area contributed by atoms with Gasteiger partial charge in [-0.3, -0.25) is 0 Å². The van der Waals surface area contributed by atoms with Crippen molar-refractivity contribution in [1.82, 2.24) is 0 Å². The van der Waals surface area contributed by atoms with Crippen LogP contribution in [0.15, 0.2) is 0 Å². The Hall–Kier alpha value is 1.04. The molecule has 0 aliphatic heterocycles. The van der Waals surface area contributed by atoms with E-state index in [2.05, 4.69) is 27.7 Å². The molecule has 2 aliphatic rings. The van der Waals surface area contributed by atoms with Crippen LogP contribution in [-0.2, 0) is 0 Å². The van der Waals surface area contributed by atoms with E-state index >= 15 is 0 Å². The minimum absolute atomic E-state index is 0. The maximum atomic E-state index is 10.6. The number of halogens is 1. The molecule has 3 unspecified atom stereocenters. The van der Waals surface area contributed by atoms with Gasteiger partial charge in [0.2, 0.25) is 0 Å². The van der Waals surface area contributed by atoms with Crippen molar-refractivity contribution in [2.75, 3.05) is 0 Å². The molecular weight excluding hydrogens is 371 g/mol. The second-order valence-corrected chi connectivity index (χ2v) is 14.1. The standard InChI is InChI=1S/C16H31OTe.ClH/c1-5-7-10-18(6-2)12-16-9-8-13(11-14(16)17)15(16,3)4;/h13-14,17H,5-12H2,1-4H3;1H/q+1;/p-1. The molecule has 0 spiro atoms. The monoisotopic (exact) mass is 404 g/mol. The number of unbranched alkanes of at least 4 members (excludes halogenated alkanes) is 1. The van der Waals surface area contributed by atoms with Crippen molar-refractivity contribution in [3.05, 3.63) is 0 Å². The summed E-state index contributed by atoms with van der Waals surface area (Å²) in [4.78, 5) is 0. The summed E-state index contributed by atoms with van der Waals surface area (Å²) < 4.78 is 4.43. The smallest absolute Gasteiger partial charge is 1.00 e. The van der Waals surface area contributed by atoms with E-state index in [1.807, 2.05) is 0 Å². The van der Waals surface area contributed by atoms with E-state index in [-0.39, 0.29) is 18.5 Å². The molecule has 2 fully saturated rings. The number of fused-ring (bicyclic) bond motifs is 2. The third kappa shape index (κ3) is 2.98. The molecular formula is C16H31ClOTe. The van der Waals surface area contributed by atoms with Crippen molar-refractivity contribution in [3.63, 3.8) is 0 Å². The van der Waals surface area contributed by atoms with Crippen molar-refractivity contribution in [2.45, 2.75) is 79.3 Å². The summed E-state index contributed by atoms with van der Waals surface area (Å²) in [6.45, 7) is 9.62. The van der Waals surface area contributed by atoms with Crippen LogP contribution in [0.5, 0.6) is 0 Å². The molecule has 0 saturated heterocycles. The second-order valence-electron chi connectivity index (χ2n) is 6.97. The average Bonchev–Trinajstić information content (AvgIpc) is 2.68. The van der Waals surface area contributed by atoms with Crippen LogP contribution in [-0.4, -0.2) is 30.8 Å². The Morgan fingerprint density at radius 3 is 2.37 bits per heavy atom. The summed E-state index contributed by atoms with van der Waals surface area (Å²) in [5, 5.41) is 10.6. The fourth-order valence-electron chi connectivity index (χ4n) is 4.41. The molecule has 114 valence electrons. The summed E-state index contributed by atoms with van der Waals surface area (Å²) in [6, 6.07) is 0. The summed E-state index contributed by atoms with van der Waals surface area (Å²) in [5.41, 5.74) is 0.727. The van der Waals surface area contributed by atoms with Crippen LogP contribution in [0.25, 0.3) is 0 Å². The number of aliphatic hydroxyl groups is 1. The first-order valence-electron chi connectivity index (χ1n) is 7.80. The van der Waals surface area contributed by atoms with Crippen molar-refractivity contribution in [2.24, 2.45) is 16.7 Å². The second kappa shape index (κ2) is 6.87. The first-order valence-corrected chi connectivity index (χ1v) is 12.7. The third-order valence-corrected chi connectivity index (χ3v) is 13.5. The van der Waals surface area contributed by atoms with Gasteiger partial charge in [0, 0.05) is 0 Å². The SMILES string of the molecule is CCCC[Te+](CC)CC12CCC(CC1O)C2(C)C.[Cl-]. The molecule has 19 heavy (non-hydrogen) atoms. The van der Waals surface area contributed by atoms with Crippen molar-refractivity contribution < 1.29 is 17.5 Å². The Morgan fingerprint density at radius 2 is 1.95 bits per heavy atom. The third-order valence-electron chi connectivity index (χ3n) is 6.04. The molecule has 0 radical (unpaired) electrons. The fourth-order valence-corrected chi connectivity index (χ4v) is 12.3. The Bertz CT molecular complexity index is 294. The van der Waals surface area contributed by atoms with Crippen LogP contribution < -0.4 is 12.4 Å². The van der Waals surface area contributed by atoms with E-state index in [1.165, 1.54) is 39.1 Å². The molecule has 3 atom stereocenters. The fraction of sp³-hybridized carbons (Fsp3) is 1.00. The summed E-state index contributed by atoms with van der Waals surface area (Å²) in [7, 11) is 0.